The number of rotatable bonds is 4. The van der Waals surface area contributed by atoms with Gasteiger partial charge in [-0.15, -0.1) is 0 Å². The topological polar surface area (TPSA) is 0 Å². The van der Waals surface area contributed by atoms with Crippen molar-refractivity contribution in [3.63, 3.8) is 0 Å². The third kappa shape index (κ3) is 7.41. The molecule has 0 amide bonds. The smallest absolute Gasteiger partial charge is 0.0897 e. The van der Waals surface area contributed by atoms with E-state index in [0.29, 0.717) is 6.42 Å². The fraction of sp³-hybridized carbons (Fsp3) is 0.500. The van der Waals surface area contributed by atoms with Crippen molar-refractivity contribution >= 4 is 0 Å². The van der Waals surface area contributed by atoms with Gasteiger partial charge in [-0.05, 0) is 19.8 Å². The summed E-state index contributed by atoms with van der Waals surface area (Å²) in [5, 5.41) is 0. The molecule has 0 unspecified atom stereocenters. The predicted octanol–water partition coefficient (Wildman–Crippen LogP) is 2.87. The predicted molar refractivity (Wildman–Crippen MR) is 39.2 cm³/mol. The summed E-state index contributed by atoms with van der Waals surface area (Å²) in [5.41, 5.74) is 1.02. The van der Waals surface area contributed by atoms with E-state index in [9.17, 15) is 4.39 Å². The van der Waals surface area contributed by atoms with Crippen molar-refractivity contribution in [2.24, 2.45) is 0 Å². The first-order valence-corrected chi connectivity index (χ1v) is 3.15. The molecule has 0 N–H and O–H groups in total. The summed E-state index contributed by atoms with van der Waals surface area (Å²) in [5.74, 6) is 0. The Bertz CT molecular complexity index is 103. The molecule has 0 heterocycles. The van der Waals surface area contributed by atoms with Gasteiger partial charge in [0.05, 0.1) is 6.67 Å². The van der Waals surface area contributed by atoms with Gasteiger partial charge in [-0.3, -0.25) is 4.39 Å². The van der Waals surface area contributed by atoms with Gasteiger partial charge in [0, 0.05) is 0 Å². The van der Waals surface area contributed by atoms with Crippen LogP contribution in [0, 0.1) is 0 Å². The van der Waals surface area contributed by atoms with Crippen molar-refractivity contribution in [2.45, 2.75) is 19.8 Å². The number of unbranched alkanes of at least 4 members (excludes halogenated alkanes) is 1. The van der Waals surface area contributed by atoms with Crippen LogP contribution in [0.2, 0.25) is 0 Å². The second-order valence-electron chi connectivity index (χ2n) is 2.08. The van der Waals surface area contributed by atoms with Gasteiger partial charge in [0.15, 0.2) is 0 Å². The molecule has 0 bridgehead atoms. The van der Waals surface area contributed by atoms with Gasteiger partial charge >= 0.3 is 0 Å². The van der Waals surface area contributed by atoms with Crippen molar-refractivity contribution in [3.05, 3.63) is 24.3 Å². The first kappa shape index (κ1) is 8.41. The summed E-state index contributed by atoms with van der Waals surface area (Å²) in [6, 6.07) is 0. The lowest BCUT2D eigenvalue weighted by Gasteiger charge is -1.86. The quantitative estimate of drug-likeness (QED) is 0.403. The third-order valence-corrected chi connectivity index (χ3v) is 0.907. The van der Waals surface area contributed by atoms with Crippen LogP contribution >= 0.6 is 0 Å². The second-order valence-corrected chi connectivity index (χ2v) is 2.08. The highest BCUT2D eigenvalue weighted by Crippen LogP contribution is 1.95. The zero-order chi connectivity index (χ0) is 7.11. The van der Waals surface area contributed by atoms with Gasteiger partial charge in [0.1, 0.15) is 0 Å². The summed E-state index contributed by atoms with van der Waals surface area (Å²) in [6.07, 6.45) is 5.31. The summed E-state index contributed by atoms with van der Waals surface area (Å²) < 4.78 is 11.5. The molecule has 0 saturated heterocycles. The lowest BCUT2D eigenvalue weighted by Crippen LogP contribution is -1.71. The van der Waals surface area contributed by atoms with Crippen LogP contribution in [0.4, 0.5) is 4.39 Å². The molecule has 0 atom stereocenters. The highest BCUT2D eigenvalue weighted by atomic mass is 19.1. The maximum atomic E-state index is 11.5. The van der Waals surface area contributed by atoms with E-state index in [0.717, 1.165) is 12.0 Å². The lowest BCUT2D eigenvalue weighted by molar-refractivity contribution is 0.475. The molecular weight excluding hydrogens is 115 g/mol. The number of hydrogen-bond acceptors (Lipinski definition) is 0. The molecule has 0 radical (unpaired) electrons. The average molecular weight is 128 g/mol. The lowest BCUT2D eigenvalue weighted by atomic mass is 10.2. The molecular formula is C8H13F. The Morgan fingerprint density at radius 1 is 1.67 bits per heavy atom. The van der Waals surface area contributed by atoms with E-state index in [1.165, 1.54) is 0 Å². The molecule has 0 aliphatic rings. The molecule has 1 heteroatoms. The molecule has 0 aromatic heterocycles. The first-order chi connectivity index (χ1) is 4.27. The van der Waals surface area contributed by atoms with Gasteiger partial charge < -0.3 is 0 Å². The van der Waals surface area contributed by atoms with Crippen LogP contribution in [0.15, 0.2) is 24.3 Å². The van der Waals surface area contributed by atoms with Crippen molar-refractivity contribution in [1.29, 1.82) is 0 Å². The van der Waals surface area contributed by atoms with E-state index < -0.39 is 0 Å². The van der Waals surface area contributed by atoms with Gasteiger partial charge in [-0.25, -0.2) is 0 Å². The van der Waals surface area contributed by atoms with Crippen molar-refractivity contribution < 1.29 is 4.39 Å². The van der Waals surface area contributed by atoms with Crippen molar-refractivity contribution in [1.82, 2.24) is 0 Å². The molecule has 0 aromatic carbocycles. The summed E-state index contributed by atoms with van der Waals surface area (Å²) in [7, 11) is 0. The minimum atomic E-state index is -0.222. The number of halogens is 1. The molecule has 0 rings (SSSR count). The summed E-state index contributed by atoms with van der Waals surface area (Å²) >= 11 is 0. The Labute approximate surface area is 56.1 Å². The number of allylic oxidation sites excluding steroid dienone is 3. The van der Waals surface area contributed by atoms with Gasteiger partial charge in [0.2, 0.25) is 0 Å². The summed E-state index contributed by atoms with van der Waals surface area (Å²) in [6.45, 7) is 5.37. The maximum Gasteiger partial charge on any atom is 0.0897 e. The fourth-order valence-electron chi connectivity index (χ4n) is 0.480. The molecule has 0 aliphatic heterocycles. The van der Waals surface area contributed by atoms with Crippen molar-refractivity contribution in [2.75, 3.05) is 6.67 Å². The van der Waals surface area contributed by atoms with E-state index in [1.807, 2.05) is 19.1 Å². The van der Waals surface area contributed by atoms with Gasteiger partial charge in [-0.2, -0.15) is 0 Å². The highest BCUT2D eigenvalue weighted by molar-refractivity contribution is 5.10. The molecule has 0 spiro atoms. The Hall–Kier alpha value is -0.590. The number of alkyl halides is 1. The maximum absolute atomic E-state index is 11.5. The molecule has 0 fully saturated rings. The molecule has 52 valence electrons. The Kier molecular flexibility index (Phi) is 5.18. The molecule has 0 aromatic rings. The minimum Gasteiger partial charge on any atom is -0.251 e. The Balaban J connectivity index is 3.15. The van der Waals surface area contributed by atoms with Crippen LogP contribution in [0.25, 0.3) is 0 Å². The van der Waals surface area contributed by atoms with E-state index in [4.69, 9.17) is 0 Å². The normalized spacial score (nSPS) is 10.4. The molecule has 0 nitrogen and oxygen atoms in total. The Morgan fingerprint density at radius 3 is 2.78 bits per heavy atom. The second kappa shape index (κ2) is 5.54. The van der Waals surface area contributed by atoms with Crippen LogP contribution in [-0.4, -0.2) is 6.67 Å². The van der Waals surface area contributed by atoms with Crippen LogP contribution in [-0.2, 0) is 0 Å². The van der Waals surface area contributed by atoms with Crippen LogP contribution in [0.3, 0.4) is 0 Å². The summed E-state index contributed by atoms with van der Waals surface area (Å²) in [4.78, 5) is 0. The number of hydrogen-bond donors (Lipinski definition) is 0. The van der Waals surface area contributed by atoms with E-state index in [-0.39, 0.29) is 6.67 Å². The monoisotopic (exact) mass is 128 g/mol. The molecule has 9 heavy (non-hydrogen) atoms. The van der Waals surface area contributed by atoms with Gasteiger partial charge in [-0.1, -0.05) is 24.3 Å². The fourth-order valence-corrected chi connectivity index (χ4v) is 0.480. The third-order valence-electron chi connectivity index (χ3n) is 0.907. The molecule has 0 saturated carbocycles. The van der Waals surface area contributed by atoms with Crippen molar-refractivity contribution in [3.8, 4) is 0 Å². The SMILES string of the molecule is C=C(C)/C=C\CCCF. The van der Waals surface area contributed by atoms with Crippen LogP contribution in [0.1, 0.15) is 19.8 Å². The molecule has 0 aliphatic carbocycles. The van der Waals surface area contributed by atoms with E-state index in [1.54, 1.807) is 0 Å². The minimum absolute atomic E-state index is 0.222. The average Bonchev–Trinajstić information content (AvgIpc) is 1.80. The zero-order valence-electron chi connectivity index (χ0n) is 5.86. The Morgan fingerprint density at radius 2 is 2.33 bits per heavy atom. The van der Waals surface area contributed by atoms with Gasteiger partial charge in [0.25, 0.3) is 0 Å². The highest BCUT2D eigenvalue weighted by Gasteiger charge is 1.78. The van der Waals surface area contributed by atoms with Crippen LogP contribution < -0.4 is 0 Å². The largest absolute Gasteiger partial charge is 0.251 e. The van der Waals surface area contributed by atoms with E-state index in [2.05, 4.69) is 6.58 Å². The first-order valence-electron chi connectivity index (χ1n) is 3.15. The van der Waals surface area contributed by atoms with Crippen LogP contribution in [0.5, 0.6) is 0 Å². The standard InChI is InChI=1S/C8H13F/c1-8(2)6-4-3-5-7-9/h4,6H,1,3,5,7H2,2H3/b6-4-. The van der Waals surface area contributed by atoms with E-state index >= 15 is 0 Å². The zero-order valence-corrected chi connectivity index (χ0v) is 5.86.